The number of thiophene rings is 1. The molecule has 7 nitrogen and oxygen atoms in total. The van der Waals surface area contributed by atoms with Gasteiger partial charge in [-0.05, 0) is 49.6 Å². The van der Waals surface area contributed by atoms with Crippen molar-refractivity contribution in [2.75, 3.05) is 20.3 Å². The van der Waals surface area contributed by atoms with E-state index in [9.17, 15) is 13.2 Å². The van der Waals surface area contributed by atoms with Gasteiger partial charge in [-0.1, -0.05) is 29.0 Å². The lowest BCUT2D eigenvalue weighted by molar-refractivity contribution is -0.121. The van der Waals surface area contributed by atoms with Crippen molar-refractivity contribution in [3.8, 4) is 0 Å². The van der Waals surface area contributed by atoms with Crippen molar-refractivity contribution in [1.82, 2.24) is 8.87 Å². The number of benzene rings is 1. The van der Waals surface area contributed by atoms with Crippen LogP contribution < -0.4 is 4.80 Å². The summed E-state index contributed by atoms with van der Waals surface area (Å²) in [5, 5.41) is 0. The van der Waals surface area contributed by atoms with Crippen LogP contribution in [-0.4, -0.2) is 49.5 Å². The maximum Gasteiger partial charge on any atom is 0.266 e. The lowest BCUT2D eigenvalue weighted by Gasteiger charge is -2.20. The van der Waals surface area contributed by atoms with Crippen molar-refractivity contribution >= 4 is 60.4 Å². The van der Waals surface area contributed by atoms with Crippen LogP contribution >= 0.6 is 34.3 Å². The molecule has 166 valence electrons. The van der Waals surface area contributed by atoms with Crippen LogP contribution in [-0.2, 0) is 26.1 Å². The summed E-state index contributed by atoms with van der Waals surface area (Å²) in [6.45, 7) is 3.33. The van der Waals surface area contributed by atoms with E-state index in [-0.39, 0.29) is 4.21 Å². The van der Waals surface area contributed by atoms with Gasteiger partial charge >= 0.3 is 0 Å². The molecule has 4 rings (SSSR count). The Bertz CT molecular complexity index is 1290. The molecule has 0 radical (unpaired) electrons. The highest BCUT2D eigenvalue weighted by molar-refractivity contribution is 7.91. The van der Waals surface area contributed by atoms with Gasteiger partial charge in [0, 0.05) is 20.2 Å². The summed E-state index contributed by atoms with van der Waals surface area (Å²) >= 11 is 8.34. The van der Waals surface area contributed by atoms with E-state index in [4.69, 9.17) is 16.3 Å². The van der Waals surface area contributed by atoms with E-state index in [1.807, 2.05) is 23.6 Å². The Hall–Kier alpha value is -1.56. The van der Waals surface area contributed by atoms with Gasteiger partial charge in [0.25, 0.3) is 15.9 Å². The number of ether oxygens (including phenoxy) is 1. The van der Waals surface area contributed by atoms with E-state index in [2.05, 4.69) is 11.1 Å². The Labute approximate surface area is 193 Å². The molecule has 3 heterocycles. The number of rotatable bonds is 6. The normalized spacial score (nSPS) is 18.3. The van der Waals surface area contributed by atoms with E-state index in [1.165, 1.54) is 21.7 Å². The molecule has 1 saturated heterocycles. The standard InChI is InChI=1S/C20H22ClN3O4S3/c1-13-5-6-14-16(12-13)29-20(23(14)10-11-28-2)22-19(25)15-4-3-9-24(15)31(26,27)18-8-7-17(21)30-18/h5-8,12,15H,3-4,9-11H2,1-2H3. The first-order valence-corrected chi connectivity index (χ1v) is 13.2. The fraction of sp³-hybridized carbons (Fsp3) is 0.400. The lowest BCUT2D eigenvalue weighted by atomic mass is 10.2. The van der Waals surface area contributed by atoms with Gasteiger partial charge < -0.3 is 9.30 Å². The fourth-order valence-electron chi connectivity index (χ4n) is 3.66. The molecule has 1 aliphatic heterocycles. The first-order chi connectivity index (χ1) is 14.8. The highest BCUT2D eigenvalue weighted by atomic mass is 35.5. The third kappa shape index (κ3) is 4.50. The number of amides is 1. The Kier molecular flexibility index (Phi) is 6.66. The molecule has 0 spiro atoms. The maximum absolute atomic E-state index is 13.1. The molecular weight excluding hydrogens is 478 g/mol. The minimum Gasteiger partial charge on any atom is -0.383 e. The molecule has 11 heteroatoms. The maximum atomic E-state index is 13.1. The summed E-state index contributed by atoms with van der Waals surface area (Å²) in [7, 11) is -2.17. The number of aryl methyl sites for hydroxylation is 1. The number of hydrogen-bond acceptors (Lipinski definition) is 6. The van der Waals surface area contributed by atoms with Gasteiger partial charge in [-0.15, -0.1) is 11.3 Å². The summed E-state index contributed by atoms with van der Waals surface area (Å²) in [6.07, 6.45) is 1.06. The number of halogens is 1. The Morgan fingerprint density at radius 3 is 2.81 bits per heavy atom. The van der Waals surface area contributed by atoms with Gasteiger partial charge in [-0.3, -0.25) is 4.79 Å². The van der Waals surface area contributed by atoms with Crippen LogP contribution in [0.2, 0.25) is 4.34 Å². The Morgan fingerprint density at radius 1 is 1.29 bits per heavy atom. The second-order valence-electron chi connectivity index (χ2n) is 7.28. The van der Waals surface area contributed by atoms with Crippen molar-refractivity contribution in [3.05, 3.63) is 45.0 Å². The van der Waals surface area contributed by atoms with Gasteiger partial charge in [0.1, 0.15) is 10.3 Å². The van der Waals surface area contributed by atoms with Crippen molar-refractivity contribution in [3.63, 3.8) is 0 Å². The highest BCUT2D eigenvalue weighted by Gasteiger charge is 2.40. The minimum atomic E-state index is -3.80. The molecule has 3 aromatic rings. The number of methoxy groups -OCH3 is 1. The van der Waals surface area contributed by atoms with Gasteiger partial charge in [0.2, 0.25) is 0 Å². The quantitative estimate of drug-likeness (QED) is 0.518. The van der Waals surface area contributed by atoms with E-state index < -0.39 is 22.0 Å². The van der Waals surface area contributed by atoms with E-state index in [1.54, 1.807) is 13.2 Å². The van der Waals surface area contributed by atoms with Gasteiger partial charge in [0.15, 0.2) is 4.80 Å². The minimum absolute atomic E-state index is 0.143. The largest absolute Gasteiger partial charge is 0.383 e. The van der Waals surface area contributed by atoms with Crippen LogP contribution in [0.3, 0.4) is 0 Å². The number of carbonyl (C=O) groups excluding carboxylic acids is 1. The van der Waals surface area contributed by atoms with Gasteiger partial charge in [-0.2, -0.15) is 9.30 Å². The molecule has 1 amide bonds. The number of aromatic nitrogens is 1. The topological polar surface area (TPSA) is 81.0 Å². The molecule has 0 saturated carbocycles. The highest BCUT2D eigenvalue weighted by Crippen LogP contribution is 2.32. The lowest BCUT2D eigenvalue weighted by Crippen LogP contribution is -2.40. The molecule has 0 aliphatic carbocycles. The van der Waals surface area contributed by atoms with E-state index in [0.717, 1.165) is 27.1 Å². The van der Waals surface area contributed by atoms with Crippen LogP contribution in [0.15, 0.2) is 39.5 Å². The zero-order chi connectivity index (χ0) is 22.2. The predicted molar refractivity (Wildman–Crippen MR) is 123 cm³/mol. The Morgan fingerprint density at radius 2 is 2.10 bits per heavy atom. The van der Waals surface area contributed by atoms with Crippen molar-refractivity contribution in [1.29, 1.82) is 0 Å². The van der Waals surface area contributed by atoms with Crippen molar-refractivity contribution < 1.29 is 17.9 Å². The summed E-state index contributed by atoms with van der Waals surface area (Å²) in [4.78, 5) is 18.1. The molecule has 0 N–H and O–H groups in total. The first kappa shape index (κ1) is 22.6. The predicted octanol–water partition coefficient (Wildman–Crippen LogP) is 3.65. The summed E-state index contributed by atoms with van der Waals surface area (Å²) in [6, 6.07) is 8.29. The zero-order valence-corrected chi connectivity index (χ0v) is 20.3. The fourth-order valence-corrected chi connectivity index (χ4v) is 8.08. The molecule has 31 heavy (non-hydrogen) atoms. The number of carbonyl (C=O) groups is 1. The molecule has 2 aromatic heterocycles. The van der Waals surface area contributed by atoms with Crippen LogP contribution in [0.1, 0.15) is 18.4 Å². The molecular formula is C20H22ClN3O4S3. The van der Waals surface area contributed by atoms with E-state index >= 15 is 0 Å². The average molecular weight is 500 g/mol. The third-order valence-corrected chi connectivity index (χ3v) is 9.81. The molecule has 1 unspecified atom stereocenters. The SMILES string of the molecule is COCCn1c(=NC(=O)C2CCCN2S(=O)(=O)c2ccc(Cl)s2)sc2cc(C)ccc21. The average Bonchev–Trinajstić information content (AvgIpc) is 3.44. The van der Waals surface area contributed by atoms with E-state index in [0.29, 0.717) is 41.7 Å². The molecule has 1 fully saturated rings. The van der Waals surface area contributed by atoms with Crippen LogP contribution in [0.5, 0.6) is 0 Å². The monoisotopic (exact) mass is 499 g/mol. The molecule has 1 aromatic carbocycles. The smallest absolute Gasteiger partial charge is 0.266 e. The summed E-state index contributed by atoms with van der Waals surface area (Å²) in [5.74, 6) is -0.446. The summed E-state index contributed by atoms with van der Waals surface area (Å²) < 4.78 is 36.1. The van der Waals surface area contributed by atoms with Crippen LogP contribution in [0, 0.1) is 6.92 Å². The number of sulfonamides is 1. The van der Waals surface area contributed by atoms with Crippen molar-refractivity contribution in [2.24, 2.45) is 4.99 Å². The molecule has 1 atom stereocenters. The summed E-state index contributed by atoms with van der Waals surface area (Å²) in [5.41, 5.74) is 2.09. The third-order valence-electron chi connectivity index (χ3n) is 5.16. The molecule has 0 bridgehead atoms. The zero-order valence-electron chi connectivity index (χ0n) is 17.1. The van der Waals surface area contributed by atoms with Crippen molar-refractivity contribution in [2.45, 2.75) is 36.6 Å². The number of nitrogens with zero attached hydrogens (tertiary/aromatic N) is 3. The number of thiazole rings is 1. The second-order valence-corrected chi connectivity index (χ2v) is 12.1. The Balaban J connectivity index is 1.71. The van der Waals surface area contributed by atoms with Gasteiger partial charge in [-0.25, -0.2) is 8.42 Å². The first-order valence-electron chi connectivity index (χ1n) is 9.76. The van der Waals surface area contributed by atoms with Crippen LogP contribution in [0.4, 0.5) is 0 Å². The van der Waals surface area contributed by atoms with Gasteiger partial charge in [0.05, 0.1) is 21.2 Å². The number of hydrogen-bond donors (Lipinski definition) is 0. The van der Waals surface area contributed by atoms with Crippen LogP contribution in [0.25, 0.3) is 10.2 Å². The number of fused-ring (bicyclic) bond motifs is 1. The molecule has 1 aliphatic rings. The second kappa shape index (κ2) is 9.13.